The van der Waals surface area contributed by atoms with Gasteiger partial charge in [0.25, 0.3) is 6.71 Å². The highest BCUT2D eigenvalue weighted by atomic mass is 15.2. The maximum atomic E-state index is 2.60. The molecule has 2 aliphatic heterocycles. The molecule has 0 bridgehead atoms. The lowest BCUT2D eigenvalue weighted by Gasteiger charge is -2.45. The van der Waals surface area contributed by atoms with E-state index in [-0.39, 0.29) is 17.5 Å². The van der Waals surface area contributed by atoms with Crippen molar-refractivity contribution in [1.29, 1.82) is 0 Å². The number of benzene rings is 11. The van der Waals surface area contributed by atoms with Crippen LogP contribution < -0.4 is 26.2 Å². The second-order valence-corrected chi connectivity index (χ2v) is 23.7. The Labute approximate surface area is 463 Å². The number of rotatable bonds is 6. The van der Waals surface area contributed by atoms with Crippen molar-refractivity contribution < 1.29 is 0 Å². The molecule has 0 N–H and O–H groups in total. The van der Waals surface area contributed by atoms with Gasteiger partial charge in [-0.05, 0) is 122 Å². The number of nitrogens with zero attached hydrogens (tertiary/aromatic N) is 4. The maximum absolute atomic E-state index is 2.60. The first-order valence-corrected chi connectivity index (χ1v) is 27.9. The highest BCUT2D eigenvalue weighted by molar-refractivity contribution is 7.00. The Balaban J connectivity index is 1.05. The Kier molecular flexibility index (Phi) is 10.5. The van der Waals surface area contributed by atoms with Crippen LogP contribution in [0.15, 0.2) is 249 Å². The molecule has 79 heavy (non-hydrogen) atoms. The lowest BCUT2D eigenvalue weighted by atomic mass is 9.33. The van der Waals surface area contributed by atoms with Gasteiger partial charge in [0.15, 0.2) is 0 Å². The lowest BCUT2D eigenvalue weighted by molar-refractivity contribution is 0.591. The van der Waals surface area contributed by atoms with E-state index in [9.17, 15) is 0 Å². The fourth-order valence-electron chi connectivity index (χ4n) is 13.6. The van der Waals surface area contributed by atoms with Gasteiger partial charge in [-0.25, -0.2) is 0 Å². The molecule has 2 aliphatic rings. The zero-order valence-corrected chi connectivity index (χ0v) is 45.5. The third kappa shape index (κ3) is 7.15. The van der Waals surface area contributed by atoms with Crippen LogP contribution in [0.4, 0.5) is 34.1 Å². The van der Waals surface area contributed by atoms with Crippen LogP contribution in [0.25, 0.3) is 77.2 Å². The summed E-state index contributed by atoms with van der Waals surface area (Å²) in [6, 6.07) is 93.4. The Morgan fingerprint density at radius 3 is 0.975 bits per heavy atom. The highest BCUT2D eigenvalue weighted by Gasteiger charge is 2.44. The van der Waals surface area contributed by atoms with Crippen LogP contribution in [0.1, 0.15) is 52.7 Å². The first kappa shape index (κ1) is 46.9. The number of hydrogen-bond acceptors (Lipinski definition) is 2. The van der Waals surface area contributed by atoms with E-state index in [0.29, 0.717) is 0 Å². The monoisotopic (exact) mass is 1010 g/mol. The van der Waals surface area contributed by atoms with Gasteiger partial charge in [-0.3, -0.25) is 0 Å². The molecule has 0 unspecified atom stereocenters. The number of hydrogen-bond donors (Lipinski definition) is 0. The zero-order chi connectivity index (χ0) is 53.3. The van der Waals surface area contributed by atoms with Gasteiger partial charge in [0.05, 0.1) is 33.4 Å². The van der Waals surface area contributed by atoms with Crippen molar-refractivity contribution in [2.45, 2.75) is 52.4 Å². The second kappa shape index (κ2) is 17.6. The van der Waals surface area contributed by atoms with Crippen LogP contribution in [0.2, 0.25) is 0 Å². The first-order valence-electron chi connectivity index (χ1n) is 27.9. The van der Waals surface area contributed by atoms with Gasteiger partial charge in [-0.15, -0.1) is 0 Å². The molecule has 13 aromatic rings. The SMILES string of the molecule is CC(C)(C)c1ccccc1-c1ccccc1N1c2cc(-n3c4ccccc4c4ccccc43)ccc2B2c3ccc(-n4c5ccccc5c5ccccc54)cc3N(c3ccccc3-c3ccccc3C(C)(C)C)c3cccc1c32. The van der Waals surface area contributed by atoms with Crippen molar-refractivity contribution in [3.63, 3.8) is 0 Å². The van der Waals surface area contributed by atoms with Crippen LogP contribution in [0, 0.1) is 0 Å². The van der Waals surface area contributed by atoms with Crippen molar-refractivity contribution in [2.75, 3.05) is 9.80 Å². The van der Waals surface area contributed by atoms with Crippen molar-refractivity contribution in [3.8, 4) is 33.6 Å². The molecule has 0 saturated heterocycles. The van der Waals surface area contributed by atoms with Crippen LogP contribution >= 0.6 is 0 Å². The van der Waals surface area contributed by atoms with Gasteiger partial charge >= 0.3 is 0 Å². The highest BCUT2D eigenvalue weighted by Crippen LogP contribution is 2.51. The second-order valence-electron chi connectivity index (χ2n) is 23.7. The maximum Gasteiger partial charge on any atom is 0.252 e. The Morgan fingerprint density at radius 2 is 0.595 bits per heavy atom. The number of para-hydroxylation sites is 6. The summed E-state index contributed by atoms with van der Waals surface area (Å²) in [5.74, 6) is 0. The fourth-order valence-corrected chi connectivity index (χ4v) is 13.6. The van der Waals surface area contributed by atoms with Crippen LogP contribution in [0.3, 0.4) is 0 Å². The molecule has 378 valence electrons. The van der Waals surface area contributed by atoms with Crippen molar-refractivity contribution in [3.05, 3.63) is 260 Å². The molecular formula is C74H59BN4. The molecule has 4 nitrogen and oxygen atoms in total. The molecule has 15 rings (SSSR count). The normalized spacial score (nSPS) is 13.1. The van der Waals surface area contributed by atoms with Crippen LogP contribution in [0.5, 0.6) is 0 Å². The summed E-state index contributed by atoms with van der Waals surface area (Å²) in [6.07, 6.45) is 0. The third-order valence-electron chi connectivity index (χ3n) is 17.0. The summed E-state index contributed by atoms with van der Waals surface area (Å²) in [5.41, 5.74) is 25.1. The Bertz CT molecular complexity index is 4220. The molecule has 11 aromatic carbocycles. The standard InChI is InChI=1S/C74H59BN4/c1-73(2,3)58-32-15-7-24-50(58)52-26-9-21-38-66(52)78-68-40-23-41-69-72(68)75(60-44-42-48(46-70(60)78)76-62-34-17-11-28-54(62)55-29-12-18-35-63(55)76)61-45-43-49(77-64-36-19-13-30-56(64)57-31-14-20-37-65(57)77)47-71(61)79(69)67-39-22-10-27-53(67)51-25-8-16-33-59(51)74(4,5)6/h7-47H,1-6H3. The van der Waals surface area contributed by atoms with Gasteiger partial charge in [0, 0.05) is 66.8 Å². The Hall–Kier alpha value is -9.32. The summed E-state index contributed by atoms with van der Waals surface area (Å²) >= 11 is 0. The average molecular weight is 1020 g/mol. The van der Waals surface area contributed by atoms with E-state index in [1.165, 1.54) is 116 Å². The minimum atomic E-state index is -0.105. The van der Waals surface area contributed by atoms with Gasteiger partial charge < -0.3 is 18.9 Å². The topological polar surface area (TPSA) is 16.3 Å². The van der Waals surface area contributed by atoms with E-state index in [2.05, 4.69) is 309 Å². The molecule has 0 amide bonds. The van der Waals surface area contributed by atoms with Crippen molar-refractivity contribution >= 4 is 101 Å². The zero-order valence-electron chi connectivity index (χ0n) is 45.5. The van der Waals surface area contributed by atoms with Gasteiger partial charge in [-0.2, -0.15) is 0 Å². The van der Waals surface area contributed by atoms with E-state index >= 15 is 0 Å². The molecule has 0 radical (unpaired) electrons. The van der Waals surface area contributed by atoms with E-state index in [1.807, 2.05) is 0 Å². The summed E-state index contributed by atoms with van der Waals surface area (Å²) in [7, 11) is 0. The number of anilines is 6. The molecule has 0 aliphatic carbocycles. The quantitative estimate of drug-likeness (QED) is 0.154. The summed E-state index contributed by atoms with van der Waals surface area (Å²) in [6.45, 7) is 13.9. The van der Waals surface area contributed by atoms with Crippen molar-refractivity contribution in [2.24, 2.45) is 0 Å². The summed E-state index contributed by atoms with van der Waals surface area (Å²) < 4.78 is 4.94. The van der Waals surface area contributed by atoms with E-state index in [0.717, 1.165) is 22.7 Å². The molecule has 0 saturated carbocycles. The smallest absolute Gasteiger partial charge is 0.252 e. The molecule has 4 heterocycles. The van der Waals surface area contributed by atoms with E-state index in [4.69, 9.17) is 0 Å². The summed E-state index contributed by atoms with van der Waals surface area (Å²) in [4.78, 5) is 5.21. The fraction of sp³-hybridized carbons (Fsp3) is 0.108. The van der Waals surface area contributed by atoms with Crippen molar-refractivity contribution in [1.82, 2.24) is 9.13 Å². The third-order valence-corrected chi connectivity index (χ3v) is 17.0. The minimum Gasteiger partial charge on any atom is -0.311 e. The molecule has 2 aromatic heterocycles. The average Bonchev–Trinajstić information content (AvgIpc) is 3.75. The predicted octanol–water partition coefficient (Wildman–Crippen LogP) is 17.9. The van der Waals surface area contributed by atoms with Gasteiger partial charge in [0.2, 0.25) is 0 Å². The van der Waals surface area contributed by atoms with Crippen LogP contribution in [-0.4, -0.2) is 15.8 Å². The molecule has 5 heteroatoms. The molecular weight excluding hydrogens is 956 g/mol. The number of aromatic nitrogens is 2. The van der Waals surface area contributed by atoms with E-state index in [1.54, 1.807) is 0 Å². The first-order chi connectivity index (χ1) is 38.5. The van der Waals surface area contributed by atoms with Crippen LogP contribution in [-0.2, 0) is 10.8 Å². The molecule has 0 fully saturated rings. The molecule has 0 atom stereocenters. The van der Waals surface area contributed by atoms with Gasteiger partial charge in [0.1, 0.15) is 0 Å². The molecule has 0 spiro atoms. The Morgan fingerprint density at radius 1 is 0.278 bits per heavy atom. The predicted molar refractivity (Wildman–Crippen MR) is 337 cm³/mol. The largest absolute Gasteiger partial charge is 0.311 e. The minimum absolute atomic E-state index is 0.0918. The lowest BCUT2D eigenvalue weighted by Crippen LogP contribution is -2.61. The van der Waals surface area contributed by atoms with Gasteiger partial charge in [-0.1, -0.05) is 217 Å². The van der Waals surface area contributed by atoms with E-state index < -0.39 is 0 Å². The summed E-state index contributed by atoms with van der Waals surface area (Å²) in [5, 5.41) is 4.99. The number of fused-ring (bicyclic) bond motifs is 10.